The maximum atomic E-state index is 12.8. The minimum absolute atomic E-state index is 0.0139. The number of halogens is 3. The van der Waals surface area contributed by atoms with Crippen LogP contribution in [0.25, 0.3) is 5.69 Å². The molecular formula is C16H18F3N5O. The molecule has 0 radical (unpaired) electrons. The summed E-state index contributed by atoms with van der Waals surface area (Å²) in [6.07, 6.45) is -2.16. The van der Waals surface area contributed by atoms with Gasteiger partial charge in [-0.2, -0.15) is 13.2 Å². The van der Waals surface area contributed by atoms with Crippen LogP contribution in [-0.2, 0) is 6.18 Å². The summed E-state index contributed by atoms with van der Waals surface area (Å²) in [4.78, 5) is 12.3. The predicted molar refractivity (Wildman–Crippen MR) is 84.3 cm³/mol. The smallest absolute Gasteiger partial charge is 0.346 e. The van der Waals surface area contributed by atoms with Crippen molar-refractivity contribution in [2.24, 2.45) is 5.92 Å². The van der Waals surface area contributed by atoms with E-state index in [0.29, 0.717) is 12.5 Å². The van der Waals surface area contributed by atoms with Gasteiger partial charge in [0.2, 0.25) is 0 Å². The zero-order valence-corrected chi connectivity index (χ0v) is 13.5. The van der Waals surface area contributed by atoms with E-state index in [2.05, 4.69) is 27.9 Å². The van der Waals surface area contributed by atoms with E-state index in [4.69, 9.17) is 0 Å². The second-order valence-corrected chi connectivity index (χ2v) is 6.15. The summed E-state index contributed by atoms with van der Waals surface area (Å²) < 4.78 is 39.6. The van der Waals surface area contributed by atoms with E-state index in [-0.39, 0.29) is 17.4 Å². The molecule has 25 heavy (non-hydrogen) atoms. The standard InChI is InChI=1S/C16H18F3N5O/c1-10-5-6-20-8-13(10)21-15(25)14-9-24(23-22-14)12-4-2-3-11(7-12)16(17,18)19/h2-4,7,9-10,13,20H,5-6,8H2,1H3,(H,21,25). The van der Waals surface area contributed by atoms with E-state index >= 15 is 0 Å². The van der Waals surface area contributed by atoms with E-state index < -0.39 is 17.6 Å². The first-order valence-electron chi connectivity index (χ1n) is 7.96. The van der Waals surface area contributed by atoms with Crippen molar-refractivity contribution in [1.29, 1.82) is 0 Å². The molecule has 0 bridgehead atoms. The first-order valence-corrected chi connectivity index (χ1v) is 7.96. The largest absolute Gasteiger partial charge is 0.416 e. The number of hydrogen-bond acceptors (Lipinski definition) is 4. The second kappa shape index (κ2) is 6.83. The van der Waals surface area contributed by atoms with Gasteiger partial charge in [0.25, 0.3) is 5.91 Å². The highest BCUT2D eigenvalue weighted by atomic mass is 19.4. The fraction of sp³-hybridized carbons (Fsp3) is 0.438. The average molecular weight is 353 g/mol. The van der Waals surface area contributed by atoms with Crippen LogP contribution in [0.1, 0.15) is 29.4 Å². The molecule has 2 aromatic rings. The van der Waals surface area contributed by atoms with Crippen LogP contribution in [0, 0.1) is 5.92 Å². The molecule has 2 atom stereocenters. The Kier molecular flexibility index (Phi) is 4.76. The number of rotatable bonds is 3. The van der Waals surface area contributed by atoms with Crippen LogP contribution in [0.3, 0.4) is 0 Å². The van der Waals surface area contributed by atoms with Gasteiger partial charge in [0.05, 0.1) is 17.4 Å². The summed E-state index contributed by atoms with van der Waals surface area (Å²) in [5, 5.41) is 13.6. The molecule has 0 saturated carbocycles. The van der Waals surface area contributed by atoms with Crippen LogP contribution in [-0.4, -0.2) is 40.0 Å². The quantitative estimate of drug-likeness (QED) is 0.886. The molecular weight excluding hydrogens is 335 g/mol. The van der Waals surface area contributed by atoms with E-state index in [1.54, 1.807) is 0 Å². The van der Waals surface area contributed by atoms with Gasteiger partial charge in [-0.3, -0.25) is 4.79 Å². The molecule has 1 aliphatic heterocycles. The lowest BCUT2D eigenvalue weighted by Crippen LogP contribution is -2.50. The molecule has 134 valence electrons. The maximum Gasteiger partial charge on any atom is 0.416 e. The van der Waals surface area contributed by atoms with Gasteiger partial charge in [-0.1, -0.05) is 18.2 Å². The number of alkyl halides is 3. The lowest BCUT2D eigenvalue weighted by atomic mass is 9.95. The summed E-state index contributed by atoms with van der Waals surface area (Å²) in [5.74, 6) is -0.0533. The van der Waals surface area contributed by atoms with Crippen molar-refractivity contribution in [2.45, 2.75) is 25.6 Å². The van der Waals surface area contributed by atoms with Crippen molar-refractivity contribution >= 4 is 5.91 Å². The average Bonchev–Trinajstić information content (AvgIpc) is 3.06. The normalized spacial score (nSPS) is 21.1. The zero-order valence-electron chi connectivity index (χ0n) is 13.5. The SMILES string of the molecule is CC1CCNCC1NC(=O)c1cn(-c2cccc(C(F)(F)F)c2)nn1. The number of hydrogen-bond donors (Lipinski definition) is 2. The van der Waals surface area contributed by atoms with Gasteiger partial charge in [-0.25, -0.2) is 4.68 Å². The summed E-state index contributed by atoms with van der Waals surface area (Å²) in [6.45, 7) is 3.65. The summed E-state index contributed by atoms with van der Waals surface area (Å²) >= 11 is 0. The van der Waals surface area contributed by atoms with Gasteiger partial charge >= 0.3 is 6.18 Å². The molecule has 1 amide bonds. The third-order valence-corrected chi connectivity index (χ3v) is 4.31. The van der Waals surface area contributed by atoms with E-state index in [0.717, 1.165) is 29.8 Å². The van der Waals surface area contributed by atoms with E-state index in [1.165, 1.54) is 18.3 Å². The molecule has 9 heteroatoms. The molecule has 1 aromatic heterocycles. The van der Waals surface area contributed by atoms with Gasteiger partial charge in [-0.15, -0.1) is 5.10 Å². The number of carbonyl (C=O) groups is 1. The molecule has 1 aliphatic rings. The molecule has 2 unspecified atom stereocenters. The molecule has 0 aliphatic carbocycles. The van der Waals surface area contributed by atoms with Crippen LogP contribution in [0.5, 0.6) is 0 Å². The number of amides is 1. The topological polar surface area (TPSA) is 71.8 Å². The molecule has 1 aromatic carbocycles. The molecule has 6 nitrogen and oxygen atoms in total. The van der Waals surface area contributed by atoms with Gasteiger partial charge < -0.3 is 10.6 Å². The Morgan fingerprint density at radius 3 is 2.92 bits per heavy atom. The first-order chi connectivity index (χ1) is 11.8. The van der Waals surface area contributed by atoms with E-state index in [1.807, 2.05) is 0 Å². The van der Waals surface area contributed by atoms with Crippen molar-refractivity contribution in [2.75, 3.05) is 13.1 Å². The van der Waals surface area contributed by atoms with Crippen molar-refractivity contribution in [3.05, 3.63) is 41.7 Å². The Hall–Kier alpha value is -2.42. The number of nitrogens with zero attached hydrogens (tertiary/aromatic N) is 3. The number of piperidine rings is 1. The van der Waals surface area contributed by atoms with E-state index in [9.17, 15) is 18.0 Å². The number of carbonyl (C=O) groups excluding carboxylic acids is 1. The highest BCUT2D eigenvalue weighted by Crippen LogP contribution is 2.30. The Morgan fingerprint density at radius 1 is 1.40 bits per heavy atom. The maximum absolute atomic E-state index is 12.8. The Morgan fingerprint density at radius 2 is 2.20 bits per heavy atom. The van der Waals surface area contributed by atoms with Crippen LogP contribution in [0.4, 0.5) is 13.2 Å². The Balaban J connectivity index is 1.75. The van der Waals surface area contributed by atoms with Gasteiger partial charge in [0, 0.05) is 12.6 Å². The van der Waals surface area contributed by atoms with Crippen LogP contribution < -0.4 is 10.6 Å². The fourth-order valence-corrected chi connectivity index (χ4v) is 2.74. The van der Waals surface area contributed by atoms with Crippen molar-refractivity contribution in [3.8, 4) is 5.69 Å². The number of aromatic nitrogens is 3. The van der Waals surface area contributed by atoms with Gasteiger partial charge in [0.15, 0.2) is 5.69 Å². The minimum atomic E-state index is -4.44. The van der Waals surface area contributed by atoms with Crippen LogP contribution >= 0.6 is 0 Å². The minimum Gasteiger partial charge on any atom is -0.346 e. The Bertz CT molecular complexity index is 758. The fourth-order valence-electron chi connectivity index (χ4n) is 2.74. The third kappa shape index (κ3) is 3.98. The molecule has 1 fully saturated rings. The summed E-state index contributed by atoms with van der Waals surface area (Å²) in [7, 11) is 0. The second-order valence-electron chi connectivity index (χ2n) is 6.15. The summed E-state index contributed by atoms with van der Waals surface area (Å²) in [5.41, 5.74) is -0.530. The van der Waals surface area contributed by atoms with Crippen molar-refractivity contribution in [3.63, 3.8) is 0 Å². The summed E-state index contributed by atoms with van der Waals surface area (Å²) in [6, 6.07) is 4.68. The van der Waals surface area contributed by atoms with Crippen molar-refractivity contribution in [1.82, 2.24) is 25.6 Å². The number of benzene rings is 1. The number of nitrogens with one attached hydrogen (secondary N) is 2. The Labute approximate surface area is 142 Å². The molecule has 0 spiro atoms. The van der Waals surface area contributed by atoms with Gasteiger partial charge in [-0.05, 0) is 37.1 Å². The van der Waals surface area contributed by atoms with Crippen molar-refractivity contribution < 1.29 is 18.0 Å². The lowest BCUT2D eigenvalue weighted by molar-refractivity contribution is -0.137. The highest BCUT2D eigenvalue weighted by Gasteiger charge is 2.30. The lowest BCUT2D eigenvalue weighted by Gasteiger charge is -2.29. The molecule has 2 N–H and O–H groups in total. The molecule has 2 heterocycles. The van der Waals surface area contributed by atoms with Gasteiger partial charge in [0.1, 0.15) is 0 Å². The highest BCUT2D eigenvalue weighted by molar-refractivity contribution is 5.92. The van der Waals surface area contributed by atoms with Crippen LogP contribution in [0.2, 0.25) is 0 Å². The first kappa shape index (κ1) is 17.4. The van der Waals surface area contributed by atoms with Crippen LogP contribution in [0.15, 0.2) is 30.5 Å². The molecule has 1 saturated heterocycles. The predicted octanol–water partition coefficient (Wildman–Crippen LogP) is 2.01. The monoisotopic (exact) mass is 353 g/mol. The third-order valence-electron chi connectivity index (χ3n) is 4.31. The molecule has 3 rings (SSSR count). The zero-order chi connectivity index (χ0) is 18.0.